The Morgan fingerprint density at radius 2 is 2.00 bits per heavy atom. The first-order valence-corrected chi connectivity index (χ1v) is 10.7. The van der Waals surface area contributed by atoms with Gasteiger partial charge in [-0.15, -0.1) is 0 Å². The Morgan fingerprint density at radius 1 is 1.25 bits per heavy atom. The number of carbonyl (C=O) groups excluding carboxylic acids is 1. The second kappa shape index (κ2) is 10.3. The highest BCUT2D eigenvalue weighted by Crippen LogP contribution is 2.27. The van der Waals surface area contributed by atoms with Crippen LogP contribution in [0.1, 0.15) is 45.4 Å². The van der Waals surface area contributed by atoms with Crippen molar-refractivity contribution in [3.63, 3.8) is 0 Å². The summed E-state index contributed by atoms with van der Waals surface area (Å²) in [6.07, 6.45) is 6.48. The van der Waals surface area contributed by atoms with Crippen LogP contribution in [0, 0.1) is 5.92 Å². The molecule has 154 valence electrons. The summed E-state index contributed by atoms with van der Waals surface area (Å²) in [5.74, 6) is 2.27. The third-order valence-electron chi connectivity index (χ3n) is 5.77. The highest BCUT2D eigenvalue weighted by molar-refractivity contribution is 5.81. The van der Waals surface area contributed by atoms with Crippen LogP contribution in [0.3, 0.4) is 0 Å². The second-order valence-corrected chi connectivity index (χ2v) is 7.81. The van der Waals surface area contributed by atoms with Crippen LogP contribution in [0.4, 0.5) is 0 Å². The Balaban J connectivity index is 1.43. The van der Waals surface area contributed by atoms with Crippen LogP contribution >= 0.6 is 0 Å². The van der Waals surface area contributed by atoms with Crippen molar-refractivity contribution in [2.24, 2.45) is 10.9 Å². The van der Waals surface area contributed by atoms with E-state index in [1.165, 1.54) is 12.8 Å². The third kappa shape index (κ3) is 5.63. The molecule has 1 aromatic carbocycles. The number of hydrogen-bond donors (Lipinski definition) is 2. The van der Waals surface area contributed by atoms with E-state index in [1.807, 2.05) is 35.2 Å². The van der Waals surface area contributed by atoms with Gasteiger partial charge in [0.25, 0.3) is 0 Å². The topological polar surface area (TPSA) is 66.0 Å². The summed E-state index contributed by atoms with van der Waals surface area (Å²) in [7, 11) is 1.78. The summed E-state index contributed by atoms with van der Waals surface area (Å²) in [5, 5.41) is 6.85. The zero-order valence-corrected chi connectivity index (χ0v) is 17.2. The van der Waals surface area contributed by atoms with Crippen molar-refractivity contribution in [3.05, 3.63) is 30.3 Å². The van der Waals surface area contributed by atoms with Crippen LogP contribution in [0.25, 0.3) is 0 Å². The zero-order valence-electron chi connectivity index (χ0n) is 17.2. The molecule has 1 heterocycles. The quantitative estimate of drug-likeness (QED) is 0.559. The summed E-state index contributed by atoms with van der Waals surface area (Å²) in [5.41, 5.74) is 0. The first kappa shape index (κ1) is 20.5. The van der Waals surface area contributed by atoms with E-state index in [0.29, 0.717) is 12.5 Å². The number of hydrogen-bond acceptors (Lipinski definition) is 3. The van der Waals surface area contributed by atoms with Gasteiger partial charge in [-0.1, -0.05) is 38.0 Å². The van der Waals surface area contributed by atoms with E-state index >= 15 is 0 Å². The van der Waals surface area contributed by atoms with Gasteiger partial charge in [-0.2, -0.15) is 0 Å². The SMILES string of the molecule is CCC(CNC(=NC)NC1CCN(C(=O)C2CCCC2)C1)Oc1ccccc1. The standard InChI is InChI=1S/C22H34N4O2/c1-3-19(28-20-11-5-4-6-12-20)15-24-22(23-2)25-18-13-14-26(16-18)21(27)17-9-7-8-10-17/h4-6,11-12,17-19H,3,7-10,13-16H2,1-2H3,(H2,23,24,25). The van der Waals surface area contributed by atoms with E-state index in [9.17, 15) is 4.79 Å². The first-order valence-electron chi connectivity index (χ1n) is 10.7. The van der Waals surface area contributed by atoms with Gasteiger partial charge in [0.05, 0.1) is 6.54 Å². The summed E-state index contributed by atoms with van der Waals surface area (Å²) < 4.78 is 6.04. The number of nitrogens with zero attached hydrogens (tertiary/aromatic N) is 2. The Labute approximate surface area is 168 Å². The van der Waals surface area contributed by atoms with Crippen LogP contribution in [0.15, 0.2) is 35.3 Å². The van der Waals surface area contributed by atoms with Crippen LogP contribution < -0.4 is 15.4 Å². The molecule has 2 unspecified atom stereocenters. The van der Waals surface area contributed by atoms with Crippen LogP contribution in [-0.4, -0.2) is 55.6 Å². The van der Waals surface area contributed by atoms with Crippen LogP contribution in [-0.2, 0) is 4.79 Å². The third-order valence-corrected chi connectivity index (χ3v) is 5.77. The van der Waals surface area contributed by atoms with Gasteiger partial charge in [-0.3, -0.25) is 9.79 Å². The van der Waals surface area contributed by atoms with E-state index in [2.05, 4.69) is 22.5 Å². The fourth-order valence-corrected chi connectivity index (χ4v) is 4.07. The fraction of sp³-hybridized carbons (Fsp3) is 0.636. The minimum absolute atomic E-state index is 0.0740. The predicted molar refractivity (Wildman–Crippen MR) is 113 cm³/mol. The van der Waals surface area contributed by atoms with Crippen molar-refractivity contribution in [1.82, 2.24) is 15.5 Å². The van der Waals surface area contributed by atoms with Crippen molar-refractivity contribution >= 4 is 11.9 Å². The molecule has 2 atom stereocenters. The molecule has 6 nitrogen and oxygen atoms in total. The number of rotatable bonds is 7. The van der Waals surface area contributed by atoms with Gasteiger partial charge in [0.1, 0.15) is 11.9 Å². The number of guanidine groups is 1. The lowest BCUT2D eigenvalue weighted by atomic mass is 10.1. The molecule has 0 bridgehead atoms. The molecule has 1 aliphatic heterocycles. The monoisotopic (exact) mass is 386 g/mol. The number of ether oxygens (including phenoxy) is 1. The molecule has 0 spiro atoms. The normalized spacial score (nSPS) is 21.6. The van der Waals surface area contributed by atoms with Gasteiger partial charge >= 0.3 is 0 Å². The number of aliphatic imine (C=N–C) groups is 1. The molecule has 0 radical (unpaired) electrons. The molecule has 2 N–H and O–H groups in total. The Hall–Kier alpha value is -2.24. The van der Waals surface area contributed by atoms with E-state index in [0.717, 1.165) is 50.5 Å². The average Bonchev–Trinajstić information content (AvgIpc) is 3.42. The molecule has 1 aromatic rings. The highest BCUT2D eigenvalue weighted by Gasteiger charge is 2.32. The van der Waals surface area contributed by atoms with Crippen LogP contribution in [0.5, 0.6) is 5.75 Å². The fourth-order valence-electron chi connectivity index (χ4n) is 4.07. The maximum Gasteiger partial charge on any atom is 0.225 e. The van der Waals surface area contributed by atoms with Gasteiger partial charge in [0.2, 0.25) is 5.91 Å². The number of para-hydroxylation sites is 1. The van der Waals surface area contributed by atoms with Crippen molar-refractivity contribution in [2.45, 2.75) is 57.6 Å². The molecule has 1 aliphatic carbocycles. The number of benzene rings is 1. The molecule has 2 aliphatic rings. The second-order valence-electron chi connectivity index (χ2n) is 7.81. The summed E-state index contributed by atoms with van der Waals surface area (Å²) in [6.45, 7) is 4.42. The van der Waals surface area contributed by atoms with Gasteiger partial charge in [0, 0.05) is 32.1 Å². The molecule has 0 aromatic heterocycles. The minimum Gasteiger partial charge on any atom is -0.489 e. The van der Waals surface area contributed by atoms with E-state index in [-0.39, 0.29) is 18.1 Å². The Kier molecular flexibility index (Phi) is 7.57. The van der Waals surface area contributed by atoms with Gasteiger partial charge in [-0.05, 0) is 37.8 Å². The lowest BCUT2D eigenvalue weighted by Crippen LogP contribution is -2.47. The summed E-state index contributed by atoms with van der Waals surface area (Å²) in [4.78, 5) is 19.0. The molecular formula is C22H34N4O2. The lowest BCUT2D eigenvalue weighted by Gasteiger charge is -2.23. The van der Waals surface area contributed by atoms with Gasteiger partial charge in [-0.25, -0.2) is 0 Å². The van der Waals surface area contributed by atoms with E-state index < -0.39 is 0 Å². The minimum atomic E-state index is 0.0740. The Morgan fingerprint density at radius 3 is 2.68 bits per heavy atom. The summed E-state index contributed by atoms with van der Waals surface area (Å²) in [6, 6.07) is 10.2. The van der Waals surface area contributed by atoms with E-state index in [4.69, 9.17) is 4.74 Å². The zero-order chi connectivity index (χ0) is 19.8. The average molecular weight is 387 g/mol. The molecule has 3 rings (SSSR count). The largest absolute Gasteiger partial charge is 0.489 e. The maximum absolute atomic E-state index is 12.6. The number of amides is 1. The lowest BCUT2D eigenvalue weighted by molar-refractivity contribution is -0.134. The molecule has 28 heavy (non-hydrogen) atoms. The highest BCUT2D eigenvalue weighted by atomic mass is 16.5. The summed E-state index contributed by atoms with van der Waals surface area (Å²) >= 11 is 0. The number of likely N-dealkylation sites (tertiary alicyclic amines) is 1. The Bertz CT molecular complexity index is 643. The van der Waals surface area contributed by atoms with Crippen molar-refractivity contribution in [3.8, 4) is 5.75 Å². The van der Waals surface area contributed by atoms with Gasteiger partial charge < -0.3 is 20.3 Å². The van der Waals surface area contributed by atoms with Crippen molar-refractivity contribution in [2.75, 3.05) is 26.7 Å². The molecule has 1 saturated carbocycles. The smallest absolute Gasteiger partial charge is 0.225 e. The molecule has 1 amide bonds. The molecular weight excluding hydrogens is 352 g/mol. The molecule has 2 fully saturated rings. The van der Waals surface area contributed by atoms with Crippen LogP contribution in [0.2, 0.25) is 0 Å². The number of carbonyl (C=O) groups is 1. The molecule has 6 heteroatoms. The first-order chi connectivity index (χ1) is 13.7. The number of nitrogens with one attached hydrogen (secondary N) is 2. The molecule has 1 saturated heterocycles. The predicted octanol–water partition coefficient (Wildman–Crippen LogP) is 2.80. The van der Waals surface area contributed by atoms with Crippen molar-refractivity contribution < 1.29 is 9.53 Å². The van der Waals surface area contributed by atoms with Crippen molar-refractivity contribution in [1.29, 1.82) is 0 Å². The van der Waals surface area contributed by atoms with E-state index in [1.54, 1.807) is 7.05 Å². The van der Waals surface area contributed by atoms with Gasteiger partial charge in [0.15, 0.2) is 5.96 Å². The maximum atomic E-state index is 12.6.